The molecular formula is C24H35N5O2. The van der Waals surface area contributed by atoms with Crippen molar-refractivity contribution in [2.45, 2.75) is 45.4 Å². The zero-order valence-corrected chi connectivity index (χ0v) is 19.1. The number of methoxy groups -OCH3 is 1. The molecule has 0 amide bonds. The lowest BCUT2D eigenvalue weighted by atomic mass is 10.1. The number of ether oxygens (including phenoxy) is 2. The molecule has 1 atom stereocenters. The van der Waals surface area contributed by atoms with Crippen LogP contribution in [0.1, 0.15) is 43.9 Å². The first-order chi connectivity index (χ1) is 15.1. The van der Waals surface area contributed by atoms with Crippen molar-refractivity contribution < 1.29 is 9.47 Å². The van der Waals surface area contributed by atoms with E-state index in [4.69, 9.17) is 9.47 Å². The van der Waals surface area contributed by atoms with Gasteiger partial charge < -0.3 is 20.1 Å². The molecule has 2 heterocycles. The van der Waals surface area contributed by atoms with Crippen molar-refractivity contribution in [3.8, 4) is 11.6 Å². The van der Waals surface area contributed by atoms with Crippen LogP contribution in [0.5, 0.6) is 11.6 Å². The minimum absolute atomic E-state index is 0.118. The minimum Gasteiger partial charge on any atom is -0.497 e. The molecule has 0 saturated carbocycles. The van der Waals surface area contributed by atoms with E-state index in [-0.39, 0.29) is 12.1 Å². The first-order valence-corrected chi connectivity index (χ1v) is 11.0. The highest BCUT2D eigenvalue weighted by molar-refractivity contribution is 5.79. The second kappa shape index (κ2) is 11.6. The van der Waals surface area contributed by atoms with Gasteiger partial charge in [-0.25, -0.2) is 4.98 Å². The van der Waals surface area contributed by atoms with Crippen molar-refractivity contribution in [3.63, 3.8) is 0 Å². The lowest BCUT2D eigenvalue weighted by Crippen LogP contribution is -2.42. The van der Waals surface area contributed by atoms with Crippen LogP contribution in [0.4, 0.5) is 0 Å². The lowest BCUT2D eigenvalue weighted by Gasteiger charge is -2.29. The highest BCUT2D eigenvalue weighted by Gasteiger charge is 2.24. The molecule has 0 bridgehead atoms. The van der Waals surface area contributed by atoms with E-state index in [1.165, 1.54) is 18.4 Å². The van der Waals surface area contributed by atoms with E-state index in [2.05, 4.69) is 43.7 Å². The molecule has 7 heteroatoms. The predicted molar refractivity (Wildman–Crippen MR) is 125 cm³/mol. The van der Waals surface area contributed by atoms with Gasteiger partial charge in [0.15, 0.2) is 5.96 Å². The second-order valence-electron chi connectivity index (χ2n) is 8.01. The lowest BCUT2D eigenvalue weighted by molar-refractivity contribution is 0.232. The summed E-state index contributed by atoms with van der Waals surface area (Å²) in [5, 5.41) is 6.88. The zero-order valence-electron chi connectivity index (χ0n) is 19.1. The van der Waals surface area contributed by atoms with Crippen LogP contribution in [0.2, 0.25) is 0 Å². The van der Waals surface area contributed by atoms with Crippen LogP contribution in [0.15, 0.2) is 47.6 Å². The average Bonchev–Trinajstić information content (AvgIpc) is 3.31. The fraction of sp³-hybridized carbons (Fsp3) is 0.500. The molecule has 1 unspecified atom stereocenters. The van der Waals surface area contributed by atoms with Crippen LogP contribution in [0.3, 0.4) is 0 Å². The van der Waals surface area contributed by atoms with Crippen molar-refractivity contribution in [1.82, 2.24) is 20.5 Å². The molecular weight excluding hydrogens is 390 g/mol. The molecule has 31 heavy (non-hydrogen) atoms. The van der Waals surface area contributed by atoms with Crippen molar-refractivity contribution in [2.24, 2.45) is 4.99 Å². The Bertz CT molecular complexity index is 832. The monoisotopic (exact) mass is 425 g/mol. The van der Waals surface area contributed by atoms with Gasteiger partial charge in [-0.3, -0.25) is 9.89 Å². The Labute approximate surface area is 185 Å². The van der Waals surface area contributed by atoms with E-state index in [9.17, 15) is 0 Å². The van der Waals surface area contributed by atoms with E-state index >= 15 is 0 Å². The summed E-state index contributed by atoms with van der Waals surface area (Å²) in [5.41, 5.74) is 2.33. The molecule has 1 aromatic heterocycles. The fourth-order valence-electron chi connectivity index (χ4n) is 3.79. The van der Waals surface area contributed by atoms with Crippen LogP contribution in [0, 0.1) is 0 Å². The molecule has 0 aliphatic carbocycles. The van der Waals surface area contributed by atoms with Crippen molar-refractivity contribution in [1.29, 1.82) is 0 Å². The standard InChI is InChI=1S/C24H35N5O2/c1-18(2)31-23-11-10-19(15-26-23)16-27-24(25-3)28-17-22(29-12-5-6-13-29)20-8-7-9-21(14-20)30-4/h7-11,14-15,18,22H,5-6,12-13,16-17H2,1-4H3,(H2,25,27,28). The summed E-state index contributed by atoms with van der Waals surface area (Å²) in [6, 6.07) is 12.6. The average molecular weight is 426 g/mol. The number of aromatic nitrogens is 1. The van der Waals surface area contributed by atoms with Gasteiger partial charge in [0.1, 0.15) is 5.75 Å². The number of aliphatic imine (C=N–C) groups is 1. The maximum Gasteiger partial charge on any atom is 0.213 e. The number of nitrogens with one attached hydrogen (secondary N) is 2. The molecule has 168 valence electrons. The molecule has 0 radical (unpaired) electrons. The number of hydrogen-bond donors (Lipinski definition) is 2. The highest BCUT2D eigenvalue weighted by Crippen LogP contribution is 2.27. The Morgan fingerprint density at radius 2 is 1.97 bits per heavy atom. The third-order valence-corrected chi connectivity index (χ3v) is 5.36. The molecule has 2 aromatic rings. The van der Waals surface area contributed by atoms with E-state index < -0.39 is 0 Å². The van der Waals surface area contributed by atoms with Crippen molar-refractivity contribution in [3.05, 3.63) is 53.7 Å². The number of hydrogen-bond acceptors (Lipinski definition) is 5. The number of pyridine rings is 1. The normalized spacial score (nSPS) is 15.7. The molecule has 1 aromatic carbocycles. The van der Waals surface area contributed by atoms with E-state index in [0.29, 0.717) is 12.4 Å². The van der Waals surface area contributed by atoms with Gasteiger partial charge in [0.05, 0.1) is 19.3 Å². The molecule has 7 nitrogen and oxygen atoms in total. The van der Waals surface area contributed by atoms with Gasteiger partial charge in [0.2, 0.25) is 5.88 Å². The maximum absolute atomic E-state index is 5.61. The third kappa shape index (κ3) is 6.85. The first kappa shape index (κ1) is 22.9. The SMILES string of the molecule is CN=C(NCc1ccc(OC(C)C)nc1)NCC(c1cccc(OC)c1)N1CCCC1. The molecule has 0 spiro atoms. The maximum atomic E-state index is 5.61. The van der Waals surface area contributed by atoms with Crippen LogP contribution >= 0.6 is 0 Å². The Balaban J connectivity index is 1.59. The van der Waals surface area contributed by atoms with Crippen molar-refractivity contribution >= 4 is 5.96 Å². The van der Waals surface area contributed by atoms with Gasteiger partial charge >= 0.3 is 0 Å². The van der Waals surface area contributed by atoms with Gasteiger partial charge in [0, 0.05) is 32.4 Å². The number of nitrogens with zero attached hydrogens (tertiary/aromatic N) is 3. The Kier molecular flexibility index (Phi) is 8.53. The summed E-state index contributed by atoms with van der Waals surface area (Å²) >= 11 is 0. The van der Waals surface area contributed by atoms with Gasteiger partial charge in [-0.15, -0.1) is 0 Å². The number of likely N-dealkylation sites (tertiary alicyclic amines) is 1. The Morgan fingerprint density at radius 1 is 1.16 bits per heavy atom. The van der Waals surface area contributed by atoms with Gasteiger partial charge in [-0.1, -0.05) is 18.2 Å². The largest absolute Gasteiger partial charge is 0.497 e. The van der Waals surface area contributed by atoms with Gasteiger partial charge in [-0.05, 0) is 63.0 Å². The van der Waals surface area contributed by atoms with Crippen molar-refractivity contribution in [2.75, 3.05) is 33.8 Å². The molecule has 1 saturated heterocycles. The first-order valence-electron chi connectivity index (χ1n) is 11.0. The van der Waals surface area contributed by atoms with Crippen LogP contribution in [-0.4, -0.2) is 55.7 Å². The van der Waals surface area contributed by atoms with Crippen LogP contribution in [0.25, 0.3) is 0 Å². The second-order valence-corrected chi connectivity index (χ2v) is 8.01. The fourth-order valence-corrected chi connectivity index (χ4v) is 3.79. The quantitative estimate of drug-likeness (QED) is 0.474. The number of rotatable bonds is 9. The summed E-state index contributed by atoms with van der Waals surface area (Å²) in [5.74, 6) is 2.31. The smallest absolute Gasteiger partial charge is 0.213 e. The zero-order chi connectivity index (χ0) is 22.1. The molecule has 1 fully saturated rings. The van der Waals surface area contributed by atoms with Gasteiger partial charge in [-0.2, -0.15) is 0 Å². The molecule has 1 aliphatic heterocycles. The van der Waals surface area contributed by atoms with E-state index in [0.717, 1.165) is 36.9 Å². The summed E-state index contributed by atoms with van der Waals surface area (Å²) in [4.78, 5) is 11.3. The third-order valence-electron chi connectivity index (χ3n) is 5.36. The highest BCUT2D eigenvalue weighted by atomic mass is 16.5. The van der Waals surface area contributed by atoms with E-state index in [1.54, 1.807) is 14.2 Å². The van der Waals surface area contributed by atoms with Crippen LogP contribution < -0.4 is 20.1 Å². The molecule has 1 aliphatic rings. The summed E-state index contributed by atoms with van der Waals surface area (Å²) < 4.78 is 11.0. The summed E-state index contributed by atoms with van der Waals surface area (Å²) in [6.07, 6.45) is 4.45. The minimum atomic E-state index is 0.118. The van der Waals surface area contributed by atoms with Gasteiger partial charge in [0.25, 0.3) is 0 Å². The predicted octanol–water partition coefficient (Wildman–Crippen LogP) is 3.38. The van der Waals surface area contributed by atoms with Crippen LogP contribution in [-0.2, 0) is 6.54 Å². The Hall–Kier alpha value is -2.80. The topological polar surface area (TPSA) is 71.0 Å². The summed E-state index contributed by atoms with van der Waals surface area (Å²) in [6.45, 7) is 7.63. The number of benzene rings is 1. The Morgan fingerprint density at radius 3 is 2.61 bits per heavy atom. The summed E-state index contributed by atoms with van der Waals surface area (Å²) in [7, 11) is 3.51. The molecule has 3 rings (SSSR count). The van der Waals surface area contributed by atoms with E-state index in [1.807, 2.05) is 38.2 Å². The molecule has 2 N–H and O–H groups in total. The number of guanidine groups is 1.